The molecular weight excluding hydrogens is 2440 g/mol. The number of para-hydroxylation sites is 2. The van der Waals surface area contributed by atoms with Crippen molar-refractivity contribution in [3.63, 3.8) is 0 Å². The summed E-state index contributed by atoms with van der Waals surface area (Å²) in [4.78, 5) is 35.2. The number of aromatic nitrogens is 8. The number of hydrogen-bond donors (Lipinski definition) is 0. The van der Waals surface area contributed by atoms with Crippen molar-refractivity contribution in [2.75, 3.05) is 0 Å². The molecule has 141 heavy (non-hydrogen) atoms. The zero-order chi connectivity index (χ0) is 94.9. The number of pyridine rings is 8. The monoisotopic (exact) mass is 2550 g/mol. The Morgan fingerprint density at radius 2 is 0.553 bits per heavy atom. The van der Waals surface area contributed by atoms with E-state index in [2.05, 4.69) is 269 Å². The summed E-state index contributed by atoms with van der Waals surface area (Å²) in [5, 5.41) is 4.60. The predicted octanol–water partition coefficient (Wildman–Crippen LogP) is 32.0. The normalized spacial score (nSPS) is 10.3. The number of rotatable bonds is 15. The van der Waals surface area contributed by atoms with Gasteiger partial charge in [0.05, 0.1) is 11.2 Å². The first-order chi connectivity index (χ1) is 67.1. The third-order valence-corrected chi connectivity index (χ3v) is 22.3. The second kappa shape index (κ2) is 55.1. The van der Waals surface area contributed by atoms with Gasteiger partial charge in [-0.15, -0.1) is 251 Å². The van der Waals surface area contributed by atoms with Gasteiger partial charge in [0, 0.05) is 146 Å². The van der Waals surface area contributed by atoms with E-state index < -0.39 is 0 Å². The van der Waals surface area contributed by atoms with Crippen LogP contribution in [0.15, 0.2) is 422 Å². The van der Waals surface area contributed by atoms with E-state index in [0.29, 0.717) is 11.8 Å². The molecular formula is C127H106Ir4N8O2-8. The number of furan rings is 2. The summed E-state index contributed by atoms with van der Waals surface area (Å²) in [6.45, 7) is 21.3. The molecule has 710 valence electrons. The minimum Gasteiger partial charge on any atom is -0.500 e. The van der Waals surface area contributed by atoms with Gasteiger partial charge < -0.3 is 48.7 Å². The van der Waals surface area contributed by atoms with Crippen LogP contribution in [0.2, 0.25) is 0 Å². The third kappa shape index (κ3) is 30.3. The van der Waals surface area contributed by atoms with E-state index in [0.717, 1.165) is 142 Å². The summed E-state index contributed by atoms with van der Waals surface area (Å²) in [5.74, 6) is 1.19. The van der Waals surface area contributed by atoms with Gasteiger partial charge in [-0.2, -0.15) is 0 Å². The fraction of sp³-hybridized carbons (Fsp3) is 0.118. The van der Waals surface area contributed by atoms with Crippen molar-refractivity contribution < 1.29 is 89.3 Å². The molecule has 0 saturated heterocycles. The summed E-state index contributed by atoms with van der Waals surface area (Å²) >= 11 is 0. The molecule has 4 radical (unpaired) electrons. The minimum absolute atomic E-state index is 0. The van der Waals surface area contributed by atoms with Gasteiger partial charge in [-0.05, 0) is 179 Å². The topological polar surface area (TPSA) is 129 Å². The van der Waals surface area contributed by atoms with E-state index in [1.54, 1.807) is 12.4 Å². The van der Waals surface area contributed by atoms with Crippen molar-refractivity contribution in [2.45, 2.75) is 88.5 Å². The molecule has 0 N–H and O–H groups in total. The Bertz CT molecular complexity index is 6980. The van der Waals surface area contributed by atoms with Gasteiger partial charge >= 0.3 is 0 Å². The predicted molar refractivity (Wildman–Crippen MR) is 564 cm³/mol. The fourth-order valence-corrected chi connectivity index (χ4v) is 15.4. The minimum atomic E-state index is 0. The van der Waals surface area contributed by atoms with E-state index >= 15 is 0 Å². The zero-order valence-corrected chi connectivity index (χ0v) is 89.8. The smallest absolute Gasteiger partial charge is 0.124 e. The van der Waals surface area contributed by atoms with Crippen LogP contribution < -0.4 is 0 Å². The molecule has 0 aliphatic rings. The molecule has 0 spiro atoms. The average Bonchev–Trinajstić information content (AvgIpc) is 1.61. The summed E-state index contributed by atoms with van der Waals surface area (Å²) in [6, 6.07) is 147. The van der Waals surface area contributed by atoms with Gasteiger partial charge in [-0.3, -0.25) is 0 Å². The molecule has 0 atom stereocenters. The molecule has 10 aromatic heterocycles. The van der Waals surface area contributed by atoms with Crippen LogP contribution >= 0.6 is 0 Å². The molecule has 0 unspecified atom stereocenters. The van der Waals surface area contributed by atoms with Crippen molar-refractivity contribution in [3.8, 4) is 112 Å². The van der Waals surface area contributed by atoms with Crippen molar-refractivity contribution in [2.24, 2.45) is 11.8 Å². The first-order valence-corrected chi connectivity index (χ1v) is 46.3. The molecule has 0 fully saturated rings. The maximum absolute atomic E-state index is 6.30. The Labute approximate surface area is 884 Å². The van der Waals surface area contributed by atoms with Crippen LogP contribution in [0.5, 0.6) is 0 Å². The average molecular weight is 2550 g/mol. The first-order valence-electron chi connectivity index (χ1n) is 46.3. The molecule has 0 amide bonds. The van der Waals surface area contributed by atoms with Crippen LogP contribution in [0.4, 0.5) is 0 Å². The maximum Gasteiger partial charge on any atom is 0.124 e. The Balaban J connectivity index is 0.000000155. The van der Waals surface area contributed by atoms with Crippen LogP contribution in [0.3, 0.4) is 0 Å². The number of benzene rings is 12. The fourth-order valence-electron chi connectivity index (χ4n) is 15.4. The second-order valence-corrected chi connectivity index (χ2v) is 33.9. The molecule has 0 aliphatic carbocycles. The Kier molecular flexibility index (Phi) is 42.0. The van der Waals surface area contributed by atoms with Crippen LogP contribution in [0.1, 0.15) is 79.1 Å². The van der Waals surface area contributed by atoms with E-state index in [-0.39, 0.29) is 80.4 Å². The van der Waals surface area contributed by atoms with Crippen LogP contribution in [0.25, 0.3) is 156 Å². The summed E-state index contributed by atoms with van der Waals surface area (Å²) in [6.07, 6.45) is 18.0. The van der Waals surface area contributed by atoms with Crippen LogP contribution in [-0.2, 0) is 99.7 Å². The van der Waals surface area contributed by atoms with Gasteiger partial charge in [0.1, 0.15) is 11.2 Å². The van der Waals surface area contributed by atoms with Gasteiger partial charge in [-0.1, -0.05) is 245 Å². The van der Waals surface area contributed by atoms with Gasteiger partial charge in [-0.25, -0.2) is 0 Å². The molecule has 0 aliphatic heterocycles. The first kappa shape index (κ1) is 107. The van der Waals surface area contributed by atoms with Crippen molar-refractivity contribution in [3.05, 3.63) is 507 Å². The SMILES string of the molecule is CC(C)Cc1cccc2c1oc1c(-c3ccccn3)[c-]ccc12.CC(C)Cc1cccc2c1oc1c(-c3ccccn3)[c-]ccc12.CCc1cc(-c2[c-]cccc2)ncc1-c1ccccc1.Cc1ccc(-c2[c-]ccc(-c3ccccc3)c2)nc1.Cc1ccc(-c2[c-]cccc2)nc1.Cc1ccc(-c2[c-]cccc2)nc1.Cc1ccc(-c2[c-]cccc2)nc1.Cc1ccc(-c2[c-]cccc2)nc1.[Ir].[Ir].[Ir].[Ir]. The zero-order valence-electron chi connectivity index (χ0n) is 80.3. The van der Waals surface area contributed by atoms with E-state index in [1.165, 1.54) is 77.5 Å². The number of fused-ring (bicyclic) bond motifs is 6. The van der Waals surface area contributed by atoms with Crippen molar-refractivity contribution >= 4 is 43.9 Å². The quantitative estimate of drug-likeness (QED) is 0.0915. The van der Waals surface area contributed by atoms with Gasteiger partial charge in [0.25, 0.3) is 0 Å². The Hall–Kier alpha value is -14.0. The molecule has 10 nitrogen and oxygen atoms in total. The van der Waals surface area contributed by atoms with E-state index in [9.17, 15) is 0 Å². The molecule has 0 bridgehead atoms. The molecule has 14 heteroatoms. The summed E-state index contributed by atoms with van der Waals surface area (Å²) in [5.41, 5.74) is 34.1. The number of hydrogen-bond acceptors (Lipinski definition) is 10. The van der Waals surface area contributed by atoms with Crippen molar-refractivity contribution in [1.29, 1.82) is 0 Å². The van der Waals surface area contributed by atoms with Crippen LogP contribution in [-0.4, -0.2) is 39.9 Å². The number of nitrogens with zero attached hydrogens (tertiary/aromatic N) is 8. The Morgan fingerprint density at radius 1 is 0.234 bits per heavy atom. The molecule has 22 aromatic rings. The third-order valence-electron chi connectivity index (χ3n) is 22.3. The summed E-state index contributed by atoms with van der Waals surface area (Å²) in [7, 11) is 0. The largest absolute Gasteiger partial charge is 0.500 e. The second-order valence-electron chi connectivity index (χ2n) is 33.9. The molecule has 10 heterocycles. The van der Waals surface area contributed by atoms with E-state index in [4.69, 9.17) is 8.83 Å². The molecule has 0 saturated carbocycles. The number of aryl methyl sites for hydroxylation is 6. The summed E-state index contributed by atoms with van der Waals surface area (Å²) < 4.78 is 12.6. The Morgan fingerprint density at radius 3 is 0.879 bits per heavy atom. The standard InChI is InChI=1S/2C21H18NO.C19H16N.C18H14N.4C12H10N.4Ir/c2*1-14(2)13-15-7-5-8-16-17-9-6-10-18(21(17)23-20(15)16)19-11-3-4-12-22-19;1-2-15-13-19(17-11-7-4-8-12-17)20-14-18(15)16-9-5-3-6-10-16;1-14-10-11-18(19-13-14)17-9-5-8-16(12-17)15-6-3-2-4-7-15;4*1-10-7-8-12(13-9-10)11-5-3-2-4-6-11;;;;/h2*3-9,11-12,14H,13H2,1-2H3;3-11,13-14H,2H2,1H3;2-8,10-13H,1H3;4*2-5,7-9H,1H3;;;;/q8*-1;;;;. The van der Waals surface area contributed by atoms with Gasteiger partial charge in [0.15, 0.2) is 0 Å². The van der Waals surface area contributed by atoms with Gasteiger partial charge in [0.2, 0.25) is 0 Å². The molecule has 22 rings (SSSR count). The van der Waals surface area contributed by atoms with Crippen LogP contribution in [0, 0.1) is 95.0 Å². The maximum atomic E-state index is 6.30. The van der Waals surface area contributed by atoms with Crippen molar-refractivity contribution in [1.82, 2.24) is 39.9 Å². The van der Waals surface area contributed by atoms with E-state index in [1.807, 2.05) is 290 Å². The molecule has 12 aromatic carbocycles.